The number of benzene rings is 2. The molecule has 0 atom stereocenters. The number of ether oxygens (including phenoxy) is 3. The maximum atomic E-state index is 8.45. The van der Waals surface area contributed by atoms with Crippen molar-refractivity contribution in [2.45, 2.75) is 13.4 Å². The minimum Gasteiger partial charge on any atom is -0.493 e. The molecule has 1 heterocycles. The third-order valence-corrected chi connectivity index (χ3v) is 3.75. The smallest absolute Gasteiger partial charge is 0.222 e. The van der Waals surface area contributed by atoms with E-state index in [4.69, 9.17) is 40.8 Å². The summed E-state index contributed by atoms with van der Waals surface area (Å²) in [6.07, 6.45) is 0. The molecule has 142 valence electrons. The number of nitrogens with zero attached hydrogens (tertiary/aromatic N) is 2. The molecule has 0 spiro atoms. The number of aryl methyl sites for hydroxylation is 1. The van der Waals surface area contributed by atoms with Crippen molar-refractivity contribution in [3.8, 4) is 17.2 Å². The van der Waals surface area contributed by atoms with Crippen LogP contribution in [0.25, 0.3) is 10.9 Å². The van der Waals surface area contributed by atoms with Crippen LogP contribution in [-0.2, 0) is 6.54 Å². The third kappa shape index (κ3) is 3.46. The summed E-state index contributed by atoms with van der Waals surface area (Å²) in [5.41, 5.74) is 10.8. The molecule has 0 radical (unpaired) electrons. The number of nitrogen functional groups attached to an aromatic ring is 2. The van der Waals surface area contributed by atoms with Gasteiger partial charge in [-0.15, -0.1) is 0 Å². The molecule has 3 rings (SSSR count). The molecule has 0 aliphatic rings. The van der Waals surface area contributed by atoms with Crippen molar-refractivity contribution < 1.29 is 29.3 Å². The normalized spacial score (nSPS) is 18.0. The molecule has 0 unspecified atom stereocenters. The van der Waals surface area contributed by atoms with Gasteiger partial charge in [0.1, 0.15) is 5.82 Å². The van der Waals surface area contributed by atoms with E-state index in [2.05, 4.69) is 15.3 Å². The maximum absolute atomic E-state index is 8.45. The molecule has 0 saturated heterocycles. The topological polar surface area (TPSA) is 118 Å². The molecule has 0 saturated carbocycles. The molecule has 3 aromatic rings. The Hall–Kier alpha value is -3.42. The van der Waals surface area contributed by atoms with Crippen LogP contribution < -0.4 is 31.0 Å². The molecule has 5 N–H and O–H groups in total. The number of hydrogen-bond donors (Lipinski definition) is 3. The molecular weight excluding hydrogens is 346 g/mol. The SMILES string of the molecule is [2H]c1c(CNc2cc(OC([2H])([2H])[2H])c(OC)c(OC([2H])([2H])[2H])c2)c(C([2H])([2H])[2H])c2c(N)nc(N)nc2c1[2H]. The Morgan fingerprint density at radius 1 is 1.11 bits per heavy atom. The second-order valence-electron chi connectivity index (χ2n) is 5.36. The average Bonchev–Trinajstić information content (AvgIpc) is 2.72. The van der Waals surface area contributed by atoms with Crippen LogP contribution >= 0.6 is 0 Å². The Balaban J connectivity index is 2.19. The van der Waals surface area contributed by atoms with Gasteiger partial charge in [0.15, 0.2) is 11.5 Å². The lowest BCUT2D eigenvalue weighted by molar-refractivity contribution is 0.324. The van der Waals surface area contributed by atoms with Gasteiger partial charge in [0.05, 0.1) is 37.7 Å². The van der Waals surface area contributed by atoms with E-state index >= 15 is 0 Å². The zero-order valence-electron chi connectivity index (χ0n) is 25.1. The Morgan fingerprint density at radius 2 is 1.85 bits per heavy atom. The summed E-state index contributed by atoms with van der Waals surface area (Å²) in [5, 5.41) is 2.64. The lowest BCUT2D eigenvalue weighted by atomic mass is 10.0. The van der Waals surface area contributed by atoms with Crippen molar-refractivity contribution in [2.75, 3.05) is 38.0 Å². The summed E-state index contributed by atoms with van der Waals surface area (Å²) in [7, 11) is -4.73. The quantitative estimate of drug-likeness (QED) is 0.597. The average molecular weight is 380 g/mol. The predicted octanol–water partition coefficient (Wildman–Crippen LogP) is 2.74. The summed E-state index contributed by atoms with van der Waals surface area (Å²) in [4.78, 5) is 7.69. The third-order valence-electron chi connectivity index (χ3n) is 3.75. The zero-order chi connectivity index (χ0) is 28.8. The molecule has 27 heavy (non-hydrogen) atoms. The highest BCUT2D eigenvalue weighted by atomic mass is 16.5. The van der Waals surface area contributed by atoms with Crippen LogP contribution in [0.15, 0.2) is 24.2 Å². The Labute approximate surface area is 172 Å². The fourth-order valence-corrected chi connectivity index (χ4v) is 2.54. The molecule has 0 amide bonds. The van der Waals surface area contributed by atoms with Gasteiger partial charge in [-0.05, 0) is 24.0 Å². The van der Waals surface area contributed by atoms with Crippen LogP contribution in [0.1, 0.15) is 26.2 Å². The number of aromatic nitrogens is 2. The van der Waals surface area contributed by atoms with Gasteiger partial charge in [-0.2, -0.15) is 4.98 Å². The Bertz CT molecular complexity index is 1340. The van der Waals surface area contributed by atoms with Gasteiger partial charge < -0.3 is 31.0 Å². The molecule has 0 aliphatic heterocycles. The summed E-state index contributed by atoms with van der Waals surface area (Å²) < 4.78 is 100. The molecule has 2 aromatic carbocycles. The highest BCUT2D eigenvalue weighted by Gasteiger charge is 2.14. The van der Waals surface area contributed by atoms with Gasteiger partial charge >= 0.3 is 0 Å². The number of nitrogens with two attached hydrogens (primary N) is 2. The minimum absolute atomic E-state index is 0.0216. The second-order valence-corrected chi connectivity index (χ2v) is 5.36. The summed E-state index contributed by atoms with van der Waals surface area (Å²) in [5.74, 6) is -1.70. The van der Waals surface area contributed by atoms with Crippen molar-refractivity contribution in [1.29, 1.82) is 0 Å². The lowest BCUT2D eigenvalue weighted by Crippen LogP contribution is -2.06. The minimum atomic E-state index is -2.94. The molecule has 1 aromatic heterocycles. The zero-order valence-corrected chi connectivity index (χ0v) is 14.1. The standard InChI is InChI=1S/C19H23N5O3/c1-10-11(5-6-13-16(10)18(20)24-19(21)23-13)9-22-12-7-14(25-2)17(27-4)15(8-12)26-3/h5-8,22H,9H2,1-4H3,(H4,20,21,23,24)/i1D3,2D3,3D3,5D,6D. The van der Waals surface area contributed by atoms with Crippen LogP contribution in [0.5, 0.6) is 17.2 Å². The van der Waals surface area contributed by atoms with E-state index in [9.17, 15) is 0 Å². The van der Waals surface area contributed by atoms with Crippen molar-refractivity contribution in [3.63, 3.8) is 0 Å². The van der Waals surface area contributed by atoms with Crippen molar-refractivity contribution in [2.24, 2.45) is 0 Å². The van der Waals surface area contributed by atoms with E-state index in [0.29, 0.717) is 0 Å². The first kappa shape index (κ1) is 8.98. The molecule has 8 nitrogen and oxygen atoms in total. The molecule has 0 aliphatic carbocycles. The van der Waals surface area contributed by atoms with Crippen LogP contribution in [0.4, 0.5) is 17.5 Å². The van der Waals surface area contributed by atoms with Gasteiger partial charge in [-0.3, -0.25) is 0 Å². The van der Waals surface area contributed by atoms with Crippen molar-refractivity contribution >= 4 is 28.4 Å². The second kappa shape index (κ2) is 7.45. The lowest BCUT2D eigenvalue weighted by Gasteiger charge is -2.16. The predicted molar refractivity (Wildman–Crippen MR) is 107 cm³/mol. The fourth-order valence-electron chi connectivity index (χ4n) is 2.54. The molecule has 0 fully saturated rings. The molecular formula is C19H23N5O3. The van der Waals surface area contributed by atoms with Crippen LogP contribution in [0.2, 0.25) is 0 Å². The van der Waals surface area contributed by atoms with Gasteiger partial charge in [0.2, 0.25) is 11.7 Å². The van der Waals surface area contributed by atoms with E-state index in [1.807, 2.05) is 0 Å². The van der Waals surface area contributed by atoms with E-state index in [1.54, 1.807) is 0 Å². The van der Waals surface area contributed by atoms with Gasteiger partial charge in [-0.1, -0.05) is 6.04 Å². The number of nitrogens with one attached hydrogen (secondary N) is 1. The van der Waals surface area contributed by atoms with Crippen molar-refractivity contribution in [3.05, 3.63) is 35.3 Å². The van der Waals surface area contributed by atoms with Crippen molar-refractivity contribution in [1.82, 2.24) is 9.97 Å². The highest BCUT2D eigenvalue weighted by Crippen LogP contribution is 2.40. The highest BCUT2D eigenvalue weighted by molar-refractivity contribution is 5.92. The van der Waals surface area contributed by atoms with E-state index < -0.39 is 51.1 Å². The fraction of sp³-hybridized carbons (Fsp3) is 0.263. The van der Waals surface area contributed by atoms with Gasteiger partial charge in [-0.25, -0.2) is 4.98 Å². The number of rotatable bonds is 6. The van der Waals surface area contributed by atoms with Crippen LogP contribution in [-0.4, -0.2) is 31.2 Å². The monoisotopic (exact) mass is 380 g/mol. The van der Waals surface area contributed by atoms with E-state index in [0.717, 1.165) is 19.2 Å². The van der Waals surface area contributed by atoms with E-state index in [1.165, 1.54) is 0 Å². The number of fused-ring (bicyclic) bond motifs is 1. The molecule has 0 bridgehead atoms. The Morgan fingerprint density at radius 3 is 2.48 bits per heavy atom. The largest absolute Gasteiger partial charge is 0.493 e. The van der Waals surface area contributed by atoms with Crippen LogP contribution in [0, 0.1) is 6.85 Å². The van der Waals surface area contributed by atoms with Crippen LogP contribution in [0.3, 0.4) is 0 Å². The first-order valence-corrected chi connectivity index (χ1v) is 7.51. The first-order valence-electron chi connectivity index (χ1n) is 13.0. The Kier molecular flexibility index (Phi) is 2.48. The number of anilines is 3. The molecule has 8 heteroatoms. The van der Waals surface area contributed by atoms with Gasteiger partial charge in [0, 0.05) is 33.9 Å². The maximum Gasteiger partial charge on any atom is 0.222 e. The van der Waals surface area contributed by atoms with Gasteiger partial charge in [0.25, 0.3) is 0 Å². The number of hydrogen-bond acceptors (Lipinski definition) is 8. The summed E-state index contributed by atoms with van der Waals surface area (Å²) in [6.45, 7) is -3.22. The summed E-state index contributed by atoms with van der Waals surface area (Å²) in [6, 6.07) is 1.40. The number of methoxy groups -OCH3 is 3. The first-order chi connectivity index (χ1) is 17.3. The summed E-state index contributed by atoms with van der Waals surface area (Å²) >= 11 is 0. The van der Waals surface area contributed by atoms with E-state index in [-0.39, 0.29) is 45.2 Å².